The van der Waals surface area contributed by atoms with Crippen molar-refractivity contribution in [3.05, 3.63) is 23.8 Å². The molecule has 0 spiro atoms. The standard InChI is InChI=1S/C14H22N2O4/c1-18-8-9-20-7-3-6-16-14(17)12-5-4-11(15)10-13(12)19-2/h4-5,10H,3,6-9,15H2,1-2H3,(H,16,17). The Bertz CT molecular complexity index is 424. The summed E-state index contributed by atoms with van der Waals surface area (Å²) in [5.41, 5.74) is 6.68. The van der Waals surface area contributed by atoms with E-state index >= 15 is 0 Å². The van der Waals surface area contributed by atoms with E-state index in [4.69, 9.17) is 19.9 Å². The van der Waals surface area contributed by atoms with Crippen molar-refractivity contribution in [2.75, 3.05) is 46.3 Å². The Kier molecular flexibility index (Phi) is 7.46. The summed E-state index contributed by atoms with van der Waals surface area (Å²) in [5, 5.41) is 2.81. The van der Waals surface area contributed by atoms with Gasteiger partial charge in [0.15, 0.2) is 0 Å². The number of carbonyl (C=O) groups is 1. The predicted molar refractivity (Wildman–Crippen MR) is 77.1 cm³/mol. The molecule has 0 bridgehead atoms. The third-order valence-electron chi connectivity index (χ3n) is 2.65. The number of methoxy groups -OCH3 is 2. The second kappa shape index (κ2) is 9.17. The third-order valence-corrected chi connectivity index (χ3v) is 2.65. The van der Waals surface area contributed by atoms with Gasteiger partial charge in [0.1, 0.15) is 5.75 Å². The summed E-state index contributed by atoms with van der Waals surface area (Å²) in [6.45, 7) is 2.27. The highest BCUT2D eigenvalue weighted by molar-refractivity contribution is 5.97. The molecule has 0 aliphatic rings. The number of carbonyl (C=O) groups excluding carboxylic acids is 1. The fourth-order valence-corrected chi connectivity index (χ4v) is 1.61. The molecule has 0 fully saturated rings. The first-order valence-corrected chi connectivity index (χ1v) is 6.47. The van der Waals surface area contributed by atoms with Crippen LogP contribution in [0.5, 0.6) is 5.75 Å². The molecule has 20 heavy (non-hydrogen) atoms. The minimum absolute atomic E-state index is 0.182. The van der Waals surface area contributed by atoms with Gasteiger partial charge in [-0.3, -0.25) is 4.79 Å². The molecule has 0 saturated heterocycles. The molecule has 1 aromatic carbocycles. The van der Waals surface area contributed by atoms with Gasteiger partial charge in [0, 0.05) is 32.0 Å². The maximum Gasteiger partial charge on any atom is 0.255 e. The van der Waals surface area contributed by atoms with Gasteiger partial charge in [0.25, 0.3) is 5.91 Å². The number of hydrogen-bond donors (Lipinski definition) is 2. The van der Waals surface area contributed by atoms with Gasteiger partial charge in [-0.05, 0) is 18.6 Å². The second-order valence-corrected chi connectivity index (χ2v) is 4.17. The van der Waals surface area contributed by atoms with Crippen LogP contribution in [0.25, 0.3) is 0 Å². The highest BCUT2D eigenvalue weighted by Gasteiger charge is 2.11. The minimum Gasteiger partial charge on any atom is -0.496 e. The molecule has 0 aliphatic heterocycles. The van der Waals surface area contributed by atoms with Gasteiger partial charge in [0.05, 0.1) is 25.9 Å². The van der Waals surface area contributed by atoms with Crippen LogP contribution in [0.4, 0.5) is 5.69 Å². The highest BCUT2D eigenvalue weighted by Crippen LogP contribution is 2.21. The number of amides is 1. The predicted octanol–water partition coefficient (Wildman–Crippen LogP) is 1.06. The Morgan fingerprint density at radius 2 is 2.05 bits per heavy atom. The SMILES string of the molecule is COCCOCCCNC(=O)c1ccc(N)cc1OC. The Hall–Kier alpha value is -1.79. The van der Waals surface area contributed by atoms with Crippen molar-refractivity contribution in [3.63, 3.8) is 0 Å². The van der Waals surface area contributed by atoms with Crippen molar-refractivity contribution >= 4 is 11.6 Å². The molecule has 1 rings (SSSR count). The van der Waals surface area contributed by atoms with Crippen molar-refractivity contribution in [2.24, 2.45) is 0 Å². The van der Waals surface area contributed by atoms with Gasteiger partial charge in [-0.1, -0.05) is 0 Å². The van der Waals surface area contributed by atoms with Gasteiger partial charge < -0.3 is 25.3 Å². The summed E-state index contributed by atoms with van der Waals surface area (Å²) in [7, 11) is 3.14. The Morgan fingerprint density at radius 3 is 2.75 bits per heavy atom. The summed E-state index contributed by atoms with van der Waals surface area (Å²) in [5.74, 6) is 0.289. The zero-order valence-electron chi connectivity index (χ0n) is 12.0. The van der Waals surface area contributed by atoms with Crippen LogP contribution >= 0.6 is 0 Å². The maximum atomic E-state index is 12.0. The van der Waals surface area contributed by atoms with Crippen molar-refractivity contribution in [3.8, 4) is 5.75 Å². The van der Waals surface area contributed by atoms with E-state index in [1.807, 2.05) is 0 Å². The van der Waals surface area contributed by atoms with Gasteiger partial charge in [0.2, 0.25) is 0 Å². The van der Waals surface area contributed by atoms with Crippen LogP contribution in [-0.2, 0) is 9.47 Å². The number of hydrogen-bond acceptors (Lipinski definition) is 5. The normalized spacial score (nSPS) is 10.3. The molecule has 0 saturated carbocycles. The number of nitrogens with one attached hydrogen (secondary N) is 1. The fraction of sp³-hybridized carbons (Fsp3) is 0.500. The highest BCUT2D eigenvalue weighted by atomic mass is 16.5. The Morgan fingerprint density at radius 1 is 1.25 bits per heavy atom. The van der Waals surface area contributed by atoms with Crippen molar-refractivity contribution < 1.29 is 19.0 Å². The Balaban J connectivity index is 2.32. The average molecular weight is 282 g/mol. The van der Waals surface area contributed by atoms with Crippen molar-refractivity contribution in [1.82, 2.24) is 5.32 Å². The molecule has 0 heterocycles. The second-order valence-electron chi connectivity index (χ2n) is 4.17. The van der Waals surface area contributed by atoms with Gasteiger partial charge >= 0.3 is 0 Å². The molecule has 6 heteroatoms. The van der Waals surface area contributed by atoms with Crippen LogP contribution in [-0.4, -0.2) is 46.5 Å². The fourth-order valence-electron chi connectivity index (χ4n) is 1.61. The molecular weight excluding hydrogens is 260 g/mol. The molecule has 0 atom stereocenters. The molecule has 0 unspecified atom stereocenters. The smallest absolute Gasteiger partial charge is 0.255 e. The topological polar surface area (TPSA) is 82.8 Å². The first-order valence-electron chi connectivity index (χ1n) is 6.47. The minimum atomic E-state index is -0.182. The van der Waals surface area contributed by atoms with Crippen LogP contribution in [0.2, 0.25) is 0 Å². The molecule has 1 aromatic rings. The van der Waals surface area contributed by atoms with Crippen LogP contribution < -0.4 is 15.8 Å². The number of benzene rings is 1. The lowest BCUT2D eigenvalue weighted by molar-refractivity contribution is 0.0688. The number of anilines is 1. The van der Waals surface area contributed by atoms with Crippen LogP contribution in [0.15, 0.2) is 18.2 Å². The van der Waals surface area contributed by atoms with E-state index in [2.05, 4.69) is 5.32 Å². The summed E-state index contributed by atoms with van der Waals surface area (Å²) < 4.78 is 15.3. The largest absolute Gasteiger partial charge is 0.496 e. The molecule has 0 aromatic heterocycles. The number of rotatable bonds is 9. The molecule has 3 N–H and O–H groups in total. The van der Waals surface area contributed by atoms with E-state index < -0.39 is 0 Å². The molecule has 0 radical (unpaired) electrons. The monoisotopic (exact) mass is 282 g/mol. The van der Waals surface area contributed by atoms with Crippen LogP contribution in [0.1, 0.15) is 16.8 Å². The first kappa shape index (κ1) is 16.3. The average Bonchev–Trinajstić information content (AvgIpc) is 2.45. The lowest BCUT2D eigenvalue weighted by Gasteiger charge is -2.10. The summed E-state index contributed by atoms with van der Waals surface area (Å²) in [6.07, 6.45) is 0.743. The van der Waals surface area contributed by atoms with Gasteiger partial charge in [-0.15, -0.1) is 0 Å². The number of nitrogen functional groups attached to an aromatic ring is 1. The van der Waals surface area contributed by atoms with E-state index in [0.29, 0.717) is 43.4 Å². The van der Waals surface area contributed by atoms with E-state index in [1.165, 1.54) is 7.11 Å². The van der Waals surface area contributed by atoms with Crippen molar-refractivity contribution in [1.29, 1.82) is 0 Å². The van der Waals surface area contributed by atoms with Crippen LogP contribution in [0.3, 0.4) is 0 Å². The lowest BCUT2D eigenvalue weighted by Crippen LogP contribution is -2.25. The molecule has 1 amide bonds. The zero-order valence-corrected chi connectivity index (χ0v) is 12.0. The van der Waals surface area contributed by atoms with E-state index in [-0.39, 0.29) is 5.91 Å². The summed E-state index contributed by atoms with van der Waals surface area (Å²) >= 11 is 0. The van der Waals surface area contributed by atoms with Crippen molar-refractivity contribution in [2.45, 2.75) is 6.42 Å². The summed E-state index contributed by atoms with van der Waals surface area (Å²) in [6, 6.07) is 4.95. The third kappa shape index (κ3) is 5.46. The summed E-state index contributed by atoms with van der Waals surface area (Å²) in [4.78, 5) is 12.0. The molecule has 0 aliphatic carbocycles. The molecular formula is C14H22N2O4. The maximum absolute atomic E-state index is 12.0. The van der Waals surface area contributed by atoms with Crippen LogP contribution in [0, 0.1) is 0 Å². The van der Waals surface area contributed by atoms with Gasteiger partial charge in [-0.25, -0.2) is 0 Å². The molecule has 112 valence electrons. The Labute approximate surface area is 119 Å². The quantitative estimate of drug-likeness (QED) is 0.523. The van der Waals surface area contributed by atoms with E-state index in [9.17, 15) is 4.79 Å². The first-order chi connectivity index (χ1) is 9.69. The van der Waals surface area contributed by atoms with E-state index in [1.54, 1.807) is 25.3 Å². The van der Waals surface area contributed by atoms with E-state index in [0.717, 1.165) is 6.42 Å². The number of ether oxygens (including phenoxy) is 3. The molecule has 6 nitrogen and oxygen atoms in total. The lowest BCUT2D eigenvalue weighted by atomic mass is 10.1. The number of nitrogens with two attached hydrogens (primary N) is 1. The zero-order chi connectivity index (χ0) is 14.8. The van der Waals surface area contributed by atoms with Gasteiger partial charge in [-0.2, -0.15) is 0 Å².